The van der Waals surface area contributed by atoms with Crippen molar-refractivity contribution in [3.05, 3.63) is 35.4 Å². The minimum absolute atomic E-state index is 0.736. The van der Waals surface area contributed by atoms with Gasteiger partial charge < -0.3 is 5.32 Å². The number of nitrogens with one attached hydrogen (secondary N) is 1. The van der Waals surface area contributed by atoms with Crippen LogP contribution in [0.4, 0.5) is 0 Å². The van der Waals surface area contributed by atoms with Gasteiger partial charge in [0, 0.05) is 19.1 Å². The monoisotopic (exact) mass is 274 g/mol. The Kier molecular flexibility index (Phi) is 6.55. The average Bonchev–Trinajstić information content (AvgIpc) is 2.65. The lowest BCUT2D eigenvalue weighted by atomic mass is 10.1. The van der Waals surface area contributed by atoms with E-state index in [2.05, 4.69) is 48.3 Å². The van der Waals surface area contributed by atoms with Crippen LogP contribution in [0.15, 0.2) is 24.3 Å². The summed E-state index contributed by atoms with van der Waals surface area (Å²) in [5, 5.41) is 3.49. The Hall–Kier alpha value is -0.860. The van der Waals surface area contributed by atoms with E-state index in [1.807, 2.05) is 0 Å². The highest BCUT2D eigenvalue weighted by Crippen LogP contribution is 2.19. The quantitative estimate of drug-likeness (QED) is 0.790. The van der Waals surface area contributed by atoms with Gasteiger partial charge in [0.1, 0.15) is 0 Å². The zero-order valence-electron chi connectivity index (χ0n) is 13.2. The molecule has 1 heterocycles. The van der Waals surface area contributed by atoms with Crippen molar-refractivity contribution in [3.8, 4) is 0 Å². The topological polar surface area (TPSA) is 15.3 Å². The van der Waals surface area contributed by atoms with Gasteiger partial charge in [-0.15, -0.1) is 0 Å². The molecule has 0 radical (unpaired) electrons. The summed E-state index contributed by atoms with van der Waals surface area (Å²) in [6, 6.07) is 9.83. The van der Waals surface area contributed by atoms with Crippen LogP contribution in [0.3, 0.4) is 0 Å². The summed E-state index contributed by atoms with van der Waals surface area (Å²) in [5.41, 5.74) is 2.88. The minimum Gasteiger partial charge on any atom is -0.313 e. The second kappa shape index (κ2) is 8.43. The van der Waals surface area contributed by atoms with E-state index in [9.17, 15) is 0 Å². The molecule has 2 nitrogen and oxygen atoms in total. The van der Waals surface area contributed by atoms with Crippen LogP contribution in [0.2, 0.25) is 0 Å². The molecular formula is C18H30N2. The molecule has 112 valence electrons. The van der Waals surface area contributed by atoms with Crippen LogP contribution in [-0.4, -0.2) is 24.0 Å². The number of likely N-dealkylation sites (tertiary alicyclic amines) is 1. The summed E-state index contributed by atoms with van der Waals surface area (Å²) >= 11 is 0. The fourth-order valence-corrected chi connectivity index (χ4v) is 3.05. The molecule has 1 aromatic rings. The van der Waals surface area contributed by atoms with E-state index in [-0.39, 0.29) is 0 Å². The predicted molar refractivity (Wildman–Crippen MR) is 86.8 cm³/mol. The smallest absolute Gasteiger partial charge is 0.0236 e. The first-order valence-electron chi connectivity index (χ1n) is 8.32. The molecule has 1 aliphatic heterocycles. The van der Waals surface area contributed by atoms with Crippen LogP contribution in [0.25, 0.3) is 0 Å². The number of nitrogens with zero attached hydrogens (tertiary/aromatic N) is 1. The van der Waals surface area contributed by atoms with Crippen LogP contribution in [0.5, 0.6) is 0 Å². The molecule has 0 saturated carbocycles. The van der Waals surface area contributed by atoms with Gasteiger partial charge in [0.15, 0.2) is 0 Å². The maximum Gasteiger partial charge on any atom is 0.0236 e. The lowest BCUT2D eigenvalue weighted by Gasteiger charge is -2.27. The molecule has 1 aliphatic rings. The second-order valence-electron chi connectivity index (χ2n) is 6.17. The Bertz CT molecular complexity index is 389. The molecule has 2 heteroatoms. The molecule has 2 rings (SSSR count). The summed E-state index contributed by atoms with van der Waals surface area (Å²) in [6.07, 6.45) is 6.73. The minimum atomic E-state index is 0.736. The van der Waals surface area contributed by atoms with Gasteiger partial charge in [-0.1, -0.05) is 44.0 Å². The highest BCUT2D eigenvalue weighted by Gasteiger charge is 2.16. The van der Waals surface area contributed by atoms with Crippen molar-refractivity contribution in [3.63, 3.8) is 0 Å². The maximum atomic E-state index is 3.49. The number of hydrogen-bond acceptors (Lipinski definition) is 2. The molecule has 0 aliphatic carbocycles. The van der Waals surface area contributed by atoms with Crippen molar-refractivity contribution in [2.75, 3.05) is 13.1 Å². The van der Waals surface area contributed by atoms with Crippen molar-refractivity contribution < 1.29 is 0 Å². The summed E-state index contributed by atoms with van der Waals surface area (Å²) in [6.45, 7) is 9.08. The number of hydrogen-bond donors (Lipinski definition) is 1. The van der Waals surface area contributed by atoms with Gasteiger partial charge in [-0.05, 0) is 50.4 Å². The standard InChI is InChI=1S/C18H30N2/c1-3-11-19-14-17-9-7-10-18(13-17)15-20-12-6-4-5-8-16(20)2/h7,9-10,13,16,19H,3-6,8,11-12,14-15H2,1-2H3. The van der Waals surface area contributed by atoms with Crippen LogP contribution >= 0.6 is 0 Å². The van der Waals surface area contributed by atoms with Crippen LogP contribution in [-0.2, 0) is 13.1 Å². The lowest BCUT2D eigenvalue weighted by Crippen LogP contribution is -2.32. The maximum absolute atomic E-state index is 3.49. The third-order valence-electron chi connectivity index (χ3n) is 4.32. The second-order valence-corrected chi connectivity index (χ2v) is 6.17. The number of rotatable bonds is 6. The van der Waals surface area contributed by atoms with E-state index in [1.165, 1.54) is 49.8 Å². The lowest BCUT2D eigenvalue weighted by molar-refractivity contribution is 0.205. The van der Waals surface area contributed by atoms with Crippen molar-refractivity contribution in [1.29, 1.82) is 0 Å². The third-order valence-corrected chi connectivity index (χ3v) is 4.32. The summed E-state index contributed by atoms with van der Waals surface area (Å²) in [4.78, 5) is 2.66. The van der Waals surface area contributed by atoms with Gasteiger partial charge in [0.2, 0.25) is 0 Å². The third kappa shape index (κ3) is 4.92. The van der Waals surface area contributed by atoms with E-state index < -0.39 is 0 Å². The highest BCUT2D eigenvalue weighted by molar-refractivity contribution is 5.23. The van der Waals surface area contributed by atoms with Crippen molar-refractivity contribution >= 4 is 0 Å². The molecule has 1 fully saturated rings. The zero-order chi connectivity index (χ0) is 14.2. The van der Waals surface area contributed by atoms with E-state index >= 15 is 0 Å². The molecule has 1 N–H and O–H groups in total. The van der Waals surface area contributed by atoms with Gasteiger partial charge in [-0.2, -0.15) is 0 Å². The molecule has 0 aromatic heterocycles. The first-order chi connectivity index (χ1) is 9.79. The molecule has 1 aromatic carbocycles. The van der Waals surface area contributed by atoms with Gasteiger partial charge >= 0.3 is 0 Å². The summed E-state index contributed by atoms with van der Waals surface area (Å²) in [7, 11) is 0. The molecular weight excluding hydrogens is 244 g/mol. The Morgan fingerprint density at radius 1 is 1.20 bits per heavy atom. The van der Waals surface area contributed by atoms with Crippen molar-refractivity contribution in [1.82, 2.24) is 10.2 Å². The average molecular weight is 274 g/mol. The highest BCUT2D eigenvalue weighted by atomic mass is 15.1. The molecule has 20 heavy (non-hydrogen) atoms. The first kappa shape index (κ1) is 15.5. The van der Waals surface area contributed by atoms with E-state index in [4.69, 9.17) is 0 Å². The molecule has 1 atom stereocenters. The Balaban J connectivity index is 1.92. The fraction of sp³-hybridized carbons (Fsp3) is 0.667. The molecule has 1 unspecified atom stereocenters. The molecule has 1 saturated heterocycles. The summed E-state index contributed by atoms with van der Waals surface area (Å²) in [5.74, 6) is 0. The molecule has 0 bridgehead atoms. The number of benzene rings is 1. The zero-order valence-corrected chi connectivity index (χ0v) is 13.2. The van der Waals surface area contributed by atoms with Crippen molar-refractivity contribution in [2.45, 2.75) is 65.1 Å². The molecule has 0 spiro atoms. The van der Waals surface area contributed by atoms with E-state index in [0.717, 1.165) is 25.7 Å². The summed E-state index contributed by atoms with van der Waals surface area (Å²) < 4.78 is 0. The van der Waals surface area contributed by atoms with E-state index in [1.54, 1.807) is 0 Å². The fourth-order valence-electron chi connectivity index (χ4n) is 3.05. The first-order valence-corrected chi connectivity index (χ1v) is 8.32. The van der Waals surface area contributed by atoms with Gasteiger partial charge in [-0.25, -0.2) is 0 Å². The normalized spacial score (nSPS) is 20.8. The van der Waals surface area contributed by atoms with Gasteiger partial charge in [0.25, 0.3) is 0 Å². The van der Waals surface area contributed by atoms with E-state index in [0.29, 0.717) is 0 Å². The Morgan fingerprint density at radius 2 is 2.05 bits per heavy atom. The van der Waals surface area contributed by atoms with Crippen LogP contribution in [0.1, 0.15) is 57.1 Å². The van der Waals surface area contributed by atoms with Crippen LogP contribution in [0, 0.1) is 0 Å². The largest absolute Gasteiger partial charge is 0.313 e. The van der Waals surface area contributed by atoms with Crippen LogP contribution < -0.4 is 5.32 Å². The van der Waals surface area contributed by atoms with Crippen molar-refractivity contribution in [2.24, 2.45) is 0 Å². The van der Waals surface area contributed by atoms with Gasteiger partial charge in [0.05, 0.1) is 0 Å². The SMILES string of the molecule is CCCNCc1cccc(CN2CCCCCC2C)c1. The molecule has 0 amide bonds. The Morgan fingerprint density at radius 3 is 2.90 bits per heavy atom. The Labute approximate surface area is 124 Å². The van der Waals surface area contributed by atoms with Gasteiger partial charge in [-0.3, -0.25) is 4.90 Å². The predicted octanol–water partition coefficient (Wildman–Crippen LogP) is 3.95.